The van der Waals surface area contributed by atoms with Crippen molar-refractivity contribution in [1.82, 2.24) is 20.1 Å². The number of benzene rings is 1. The zero-order valence-corrected chi connectivity index (χ0v) is 13.6. The fourth-order valence-electron chi connectivity index (χ4n) is 2.17. The topological polar surface area (TPSA) is 106 Å². The Kier molecular flexibility index (Phi) is 5.68. The number of nitrogens with zero attached hydrogens (tertiary/aromatic N) is 3. The van der Waals surface area contributed by atoms with E-state index >= 15 is 0 Å². The maximum Gasteiger partial charge on any atom is 0.249 e. The maximum atomic E-state index is 12.2. The Bertz CT molecular complexity index is 705. The molecule has 2 N–H and O–H groups in total. The Labute approximate surface area is 135 Å². The summed E-state index contributed by atoms with van der Waals surface area (Å²) in [6, 6.07) is 7.68. The van der Waals surface area contributed by atoms with Gasteiger partial charge in [-0.2, -0.15) is 5.26 Å². The van der Waals surface area contributed by atoms with E-state index in [2.05, 4.69) is 15.0 Å². The van der Waals surface area contributed by atoms with E-state index in [4.69, 9.17) is 5.26 Å². The minimum atomic E-state index is -3.91. The fraction of sp³-hybridized carbons (Fsp3) is 0.429. The summed E-state index contributed by atoms with van der Waals surface area (Å²) >= 11 is 0. The molecule has 1 aromatic carbocycles. The van der Waals surface area contributed by atoms with Crippen LogP contribution in [-0.2, 0) is 14.8 Å². The summed E-state index contributed by atoms with van der Waals surface area (Å²) in [5.74, 6) is -0.437. The molecule has 1 saturated heterocycles. The lowest BCUT2D eigenvalue weighted by molar-refractivity contribution is -0.125. The Morgan fingerprint density at radius 3 is 2.57 bits per heavy atom. The van der Waals surface area contributed by atoms with Gasteiger partial charge in [-0.1, -0.05) is 12.1 Å². The van der Waals surface area contributed by atoms with Gasteiger partial charge in [-0.3, -0.25) is 10.2 Å². The average Bonchev–Trinajstić information content (AvgIpc) is 2.55. The number of hydrazine groups is 1. The maximum absolute atomic E-state index is 12.2. The Balaban J connectivity index is 1.92. The molecule has 1 aliphatic rings. The first kappa shape index (κ1) is 17.4. The van der Waals surface area contributed by atoms with Crippen molar-refractivity contribution in [3.8, 4) is 6.07 Å². The van der Waals surface area contributed by atoms with Gasteiger partial charge in [0.1, 0.15) is 6.07 Å². The summed E-state index contributed by atoms with van der Waals surface area (Å²) < 4.78 is 26.6. The van der Waals surface area contributed by atoms with Gasteiger partial charge in [0, 0.05) is 26.2 Å². The number of nitrogens with one attached hydrogen (secondary N) is 2. The van der Waals surface area contributed by atoms with Crippen LogP contribution in [0.4, 0.5) is 0 Å². The first-order chi connectivity index (χ1) is 10.9. The van der Waals surface area contributed by atoms with E-state index in [-0.39, 0.29) is 17.0 Å². The summed E-state index contributed by atoms with van der Waals surface area (Å²) in [6.45, 7) is 2.66. The Hall–Kier alpha value is -1.99. The van der Waals surface area contributed by atoms with E-state index < -0.39 is 15.9 Å². The van der Waals surface area contributed by atoms with Crippen molar-refractivity contribution < 1.29 is 13.2 Å². The monoisotopic (exact) mass is 337 g/mol. The van der Waals surface area contributed by atoms with Crippen LogP contribution in [0.2, 0.25) is 0 Å². The molecule has 0 saturated carbocycles. The predicted molar refractivity (Wildman–Crippen MR) is 83.6 cm³/mol. The van der Waals surface area contributed by atoms with Crippen LogP contribution < -0.4 is 10.1 Å². The van der Waals surface area contributed by atoms with Crippen molar-refractivity contribution in [3.05, 3.63) is 29.8 Å². The molecule has 0 unspecified atom stereocenters. The van der Waals surface area contributed by atoms with Crippen molar-refractivity contribution in [2.45, 2.75) is 4.90 Å². The normalized spacial score (nSPS) is 16.7. The third-order valence-corrected chi connectivity index (χ3v) is 4.97. The summed E-state index contributed by atoms with van der Waals surface area (Å²) in [7, 11) is -1.91. The zero-order chi connectivity index (χ0) is 16.9. The summed E-state index contributed by atoms with van der Waals surface area (Å²) in [5.41, 5.74) is 2.71. The van der Waals surface area contributed by atoms with Crippen LogP contribution in [0, 0.1) is 11.3 Å². The van der Waals surface area contributed by atoms with Gasteiger partial charge < -0.3 is 4.90 Å². The van der Waals surface area contributed by atoms with Gasteiger partial charge in [-0.05, 0) is 19.2 Å². The molecule has 9 heteroatoms. The lowest BCUT2D eigenvalue weighted by Crippen LogP contribution is -2.54. The zero-order valence-electron chi connectivity index (χ0n) is 12.8. The number of hydrogen-bond acceptors (Lipinski definition) is 6. The molecule has 0 aromatic heterocycles. The number of carbonyl (C=O) groups is 1. The van der Waals surface area contributed by atoms with Gasteiger partial charge in [0.25, 0.3) is 0 Å². The predicted octanol–water partition coefficient (Wildman–Crippen LogP) is -0.885. The number of rotatable bonds is 5. The molecule has 0 radical (unpaired) electrons. The molecule has 0 atom stereocenters. The van der Waals surface area contributed by atoms with Crippen LogP contribution in [0.3, 0.4) is 0 Å². The highest BCUT2D eigenvalue weighted by Crippen LogP contribution is 2.13. The second-order valence-electron chi connectivity index (χ2n) is 5.26. The minimum Gasteiger partial charge on any atom is -0.304 e. The third-order valence-electron chi connectivity index (χ3n) is 3.51. The molecule has 0 bridgehead atoms. The Morgan fingerprint density at radius 1 is 1.26 bits per heavy atom. The molecule has 1 heterocycles. The van der Waals surface area contributed by atoms with Crippen molar-refractivity contribution in [2.75, 3.05) is 39.8 Å². The largest absolute Gasteiger partial charge is 0.304 e. The first-order valence-electron chi connectivity index (χ1n) is 7.14. The molecule has 1 fully saturated rings. The molecule has 1 amide bonds. The molecular weight excluding hydrogens is 318 g/mol. The van der Waals surface area contributed by atoms with Crippen molar-refractivity contribution in [3.63, 3.8) is 0 Å². The number of likely N-dealkylation sites (N-methyl/N-ethyl adjacent to an activating group) is 1. The smallest absolute Gasteiger partial charge is 0.249 e. The second-order valence-corrected chi connectivity index (χ2v) is 6.99. The number of hydrogen-bond donors (Lipinski definition) is 2. The molecule has 2 rings (SSSR count). The van der Waals surface area contributed by atoms with Gasteiger partial charge in [-0.25, -0.2) is 18.1 Å². The minimum absolute atomic E-state index is 0.0412. The third kappa shape index (κ3) is 4.74. The van der Waals surface area contributed by atoms with Crippen LogP contribution in [0.5, 0.6) is 0 Å². The van der Waals surface area contributed by atoms with Crippen LogP contribution in [-0.4, -0.2) is 64.0 Å². The molecular formula is C14H19N5O3S. The molecule has 0 aliphatic carbocycles. The van der Waals surface area contributed by atoms with Gasteiger partial charge >= 0.3 is 0 Å². The summed E-state index contributed by atoms with van der Waals surface area (Å²) in [6.07, 6.45) is 0. The van der Waals surface area contributed by atoms with E-state index in [0.29, 0.717) is 13.1 Å². The van der Waals surface area contributed by atoms with Gasteiger partial charge in [0.15, 0.2) is 0 Å². The molecule has 1 aliphatic heterocycles. The standard InChI is InChI=1S/C14H19N5O3S/c1-18-6-8-19(9-7-18)17-14(20)11-16-23(21,22)13-5-3-2-4-12(13)10-15/h2-5,16H,6-9,11H2,1H3,(H,17,20). The second kappa shape index (κ2) is 7.52. The van der Waals surface area contributed by atoms with Crippen molar-refractivity contribution >= 4 is 15.9 Å². The van der Waals surface area contributed by atoms with Gasteiger partial charge in [-0.15, -0.1) is 0 Å². The molecule has 124 valence electrons. The highest BCUT2D eigenvalue weighted by Gasteiger charge is 2.20. The first-order valence-corrected chi connectivity index (χ1v) is 8.62. The highest BCUT2D eigenvalue weighted by molar-refractivity contribution is 7.89. The Morgan fingerprint density at radius 2 is 1.91 bits per heavy atom. The van der Waals surface area contributed by atoms with Crippen LogP contribution in [0.15, 0.2) is 29.2 Å². The number of amides is 1. The van der Waals surface area contributed by atoms with E-state index in [1.807, 2.05) is 13.1 Å². The lowest BCUT2D eigenvalue weighted by Gasteiger charge is -2.32. The van der Waals surface area contributed by atoms with E-state index in [9.17, 15) is 13.2 Å². The van der Waals surface area contributed by atoms with Crippen molar-refractivity contribution in [1.29, 1.82) is 5.26 Å². The van der Waals surface area contributed by atoms with Crippen LogP contribution in [0.25, 0.3) is 0 Å². The highest BCUT2D eigenvalue weighted by atomic mass is 32.2. The van der Waals surface area contributed by atoms with E-state index in [1.54, 1.807) is 11.1 Å². The van der Waals surface area contributed by atoms with Crippen molar-refractivity contribution in [2.24, 2.45) is 0 Å². The van der Waals surface area contributed by atoms with E-state index in [1.165, 1.54) is 18.2 Å². The summed E-state index contributed by atoms with van der Waals surface area (Å²) in [4.78, 5) is 13.9. The summed E-state index contributed by atoms with van der Waals surface area (Å²) in [5, 5.41) is 10.7. The lowest BCUT2D eigenvalue weighted by atomic mass is 10.2. The fourth-order valence-corrected chi connectivity index (χ4v) is 3.30. The van der Waals surface area contributed by atoms with E-state index in [0.717, 1.165) is 13.1 Å². The van der Waals surface area contributed by atoms with Gasteiger partial charge in [0.2, 0.25) is 15.9 Å². The number of piperazine rings is 1. The number of nitriles is 1. The van der Waals surface area contributed by atoms with Crippen LogP contribution in [0.1, 0.15) is 5.56 Å². The van der Waals surface area contributed by atoms with Gasteiger partial charge in [0.05, 0.1) is 17.0 Å². The SMILES string of the molecule is CN1CCN(NC(=O)CNS(=O)(=O)c2ccccc2C#N)CC1. The number of carbonyl (C=O) groups excluding carboxylic acids is 1. The molecule has 8 nitrogen and oxygen atoms in total. The number of sulfonamides is 1. The average molecular weight is 337 g/mol. The molecule has 1 aromatic rings. The van der Waals surface area contributed by atoms with Crippen LogP contribution >= 0.6 is 0 Å². The molecule has 23 heavy (non-hydrogen) atoms. The quantitative estimate of drug-likeness (QED) is 0.722. The molecule has 0 spiro atoms.